The first-order valence-corrected chi connectivity index (χ1v) is 7.65. The summed E-state index contributed by atoms with van der Waals surface area (Å²) >= 11 is 0. The lowest BCUT2D eigenvalue weighted by molar-refractivity contribution is -0.158. The van der Waals surface area contributed by atoms with Gasteiger partial charge in [-0.3, -0.25) is 0 Å². The predicted molar refractivity (Wildman–Crippen MR) is 92.4 cm³/mol. The van der Waals surface area contributed by atoms with E-state index in [-0.39, 0.29) is 5.97 Å². The van der Waals surface area contributed by atoms with Crippen LogP contribution in [0.15, 0.2) is 61.2 Å². The van der Waals surface area contributed by atoms with Crippen LogP contribution in [0.3, 0.4) is 0 Å². The van der Waals surface area contributed by atoms with E-state index in [4.69, 9.17) is 9.47 Å². The van der Waals surface area contributed by atoms with Gasteiger partial charge in [0, 0.05) is 0 Å². The number of rotatable bonds is 6. The maximum atomic E-state index is 11.9. The molecule has 0 bridgehead atoms. The van der Waals surface area contributed by atoms with E-state index in [0.717, 1.165) is 16.7 Å². The van der Waals surface area contributed by atoms with Gasteiger partial charge < -0.3 is 9.47 Å². The minimum Gasteiger partial charge on any atom is -0.476 e. The SMILES string of the molecule is C=C(c1ccccc1)c1ccc(OC(C)(C)C(=O)OCC)cc1. The van der Waals surface area contributed by atoms with Crippen LogP contribution in [0.25, 0.3) is 5.57 Å². The molecule has 0 saturated heterocycles. The van der Waals surface area contributed by atoms with Crippen molar-refractivity contribution in [1.82, 2.24) is 0 Å². The summed E-state index contributed by atoms with van der Waals surface area (Å²) in [5.41, 5.74) is 2.01. The summed E-state index contributed by atoms with van der Waals surface area (Å²) in [5.74, 6) is 0.241. The number of benzene rings is 2. The Morgan fingerprint density at radius 3 is 2.13 bits per heavy atom. The molecule has 0 radical (unpaired) electrons. The molecule has 0 N–H and O–H groups in total. The molecule has 0 aromatic heterocycles. The topological polar surface area (TPSA) is 35.5 Å². The van der Waals surface area contributed by atoms with Crippen molar-refractivity contribution in [3.63, 3.8) is 0 Å². The van der Waals surface area contributed by atoms with Crippen LogP contribution in [-0.2, 0) is 9.53 Å². The Morgan fingerprint density at radius 2 is 1.57 bits per heavy atom. The number of esters is 1. The molecular formula is C20H22O3. The summed E-state index contributed by atoms with van der Waals surface area (Å²) in [6.07, 6.45) is 0. The highest BCUT2D eigenvalue weighted by Crippen LogP contribution is 2.25. The van der Waals surface area contributed by atoms with Gasteiger partial charge in [-0.05, 0) is 49.6 Å². The molecule has 0 aliphatic rings. The van der Waals surface area contributed by atoms with Crippen molar-refractivity contribution in [3.8, 4) is 5.75 Å². The first-order valence-electron chi connectivity index (χ1n) is 7.65. The van der Waals surface area contributed by atoms with Gasteiger partial charge in [0.1, 0.15) is 5.75 Å². The quantitative estimate of drug-likeness (QED) is 0.739. The maximum absolute atomic E-state index is 11.9. The predicted octanol–water partition coefficient (Wildman–Crippen LogP) is 4.47. The molecule has 0 unspecified atom stereocenters. The molecule has 3 heteroatoms. The van der Waals surface area contributed by atoms with Crippen LogP contribution in [0.1, 0.15) is 31.9 Å². The van der Waals surface area contributed by atoms with Crippen molar-refractivity contribution in [2.75, 3.05) is 6.61 Å². The number of carbonyl (C=O) groups excluding carboxylic acids is 1. The van der Waals surface area contributed by atoms with Crippen molar-refractivity contribution in [2.24, 2.45) is 0 Å². The summed E-state index contributed by atoms with van der Waals surface area (Å²) < 4.78 is 10.8. The fraction of sp³-hybridized carbons (Fsp3) is 0.250. The largest absolute Gasteiger partial charge is 0.476 e. The molecule has 0 aliphatic heterocycles. The van der Waals surface area contributed by atoms with Crippen LogP contribution < -0.4 is 4.74 Å². The standard InChI is InChI=1S/C20H22O3/c1-5-22-19(21)20(3,4)23-18-13-11-17(12-14-18)15(2)16-9-7-6-8-10-16/h6-14H,2,5H2,1,3-4H3. The Morgan fingerprint density at radius 1 is 1.00 bits per heavy atom. The average Bonchev–Trinajstić information content (AvgIpc) is 2.55. The van der Waals surface area contributed by atoms with Crippen LogP contribution in [0, 0.1) is 0 Å². The van der Waals surface area contributed by atoms with Gasteiger partial charge in [0.2, 0.25) is 0 Å². The second kappa shape index (κ2) is 7.14. The third-order valence-corrected chi connectivity index (χ3v) is 3.47. The van der Waals surface area contributed by atoms with Gasteiger partial charge in [-0.15, -0.1) is 0 Å². The molecule has 0 spiro atoms. The minimum absolute atomic E-state index is 0.335. The zero-order valence-corrected chi connectivity index (χ0v) is 13.8. The molecule has 120 valence electrons. The van der Waals surface area contributed by atoms with Crippen LogP contribution in [0.5, 0.6) is 5.75 Å². The third kappa shape index (κ3) is 4.22. The second-order valence-electron chi connectivity index (χ2n) is 5.70. The molecule has 2 aromatic carbocycles. The van der Waals surface area contributed by atoms with Crippen molar-refractivity contribution < 1.29 is 14.3 Å². The molecule has 0 atom stereocenters. The highest BCUT2D eigenvalue weighted by molar-refractivity contribution is 5.79. The highest BCUT2D eigenvalue weighted by Gasteiger charge is 2.31. The first-order chi connectivity index (χ1) is 10.9. The van der Waals surface area contributed by atoms with E-state index in [0.29, 0.717) is 12.4 Å². The van der Waals surface area contributed by atoms with Crippen LogP contribution >= 0.6 is 0 Å². The van der Waals surface area contributed by atoms with Gasteiger partial charge in [-0.2, -0.15) is 0 Å². The average molecular weight is 310 g/mol. The Balaban J connectivity index is 2.11. The number of hydrogen-bond acceptors (Lipinski definition) is 3. The van der Waals surface area contributed by atoms with Gasteiger partial charge in [-0.1, -0.05) is 49.0 Å². The lowest BCUT2D eigenvalue weighted by Crippen LogP contribution is -2.39. The minimum atomic E-state index is -1.02. The summed E-state index contributed by atoms with van der Waals surface area (Å²) in [4.78, 5) is 11.9. The molecule has 0 fully saturated rings. The Kier molecular flexibility index (Phi) is 5.22. The molecule has 23 heavy (non-hydrogen) atoms. The molecular weight excluding hydrogens is 288 g/mol. The molecule has 0 aliphatic carbocycles. The molecule has 3 nitrogen and oxygen atoms in total. The Labute approximate surface area is 137 Å². The van der Waals surface area contributed by atoms with E-state index < -0.39 is 5.60 Å². The van der Waals surface area contributed by atoms with Gasteiger partial charge in [0.25, 0.3) is 0 Å². The smallest absolute Gasteiger partial charge is 0.349 e. The number of ether oxygens (including phenoxy) is 2. The van der Waals surface area contributed by atoms with Gasteiger partial charge in [-0.25, -0.2) is 4.79 Å². The fourth-order valence-electron chi connectivity index (χ4n) is 2.17. The number of hydrogen-bond donors (Lipinski definition) is 0. The summed E-state index contributed by atoms with van der Waals surface area (Å²) in [5, 5.41) is 0. The van der Waals surface area contributed by atoms with Crippen molar-refractivity contribution >= 4 is 11.5 Å². The summed E-state index contributed by atoms with van der Waals surface area (Å²) in [6.45, 7) is 9.64. The Bertz CT molecular complexity index is 670. The van der Waals surface area contributed by atoms with E-state index in [9.17, 15) is 4.79 Å². The van der Waals surface area contributed by atoms with Gasteiger partial charge >= 0.3 is 5.97 Å². The molecule has 0 saturated carbocycles. The highest BCUT2D eigenvalue weighted by atomic mass is 16.6. The van der Waals surface area contributed by atoms with Crippen molar-refractivity contribution in [2.45, 2.75) is 26.4 Å². The number of carbonyl (C=O) groups is 1. The molecule has 2 aromatic rings. The maximum Gasteiger partial charge on any atom is 0.349 e. The van der Waals surface area contributed by atoms with Crippen molar-refractivity contribution in [1.29, 1.82) is 0 Å². The van der Waals surface area contributed by atoms with Crippen LogP contribution in [0.2, 0.25) is 0 Å². The monoisotopic (exact) mass is 310 g/mol. The summed E-state index contributed by atoms with van der Waals surface area (Å²) in [7, 11) is 0. The normalized spacial score (nSPS) is 10.9. The molecule has 2 rings (SSSR count). The zero-order chi connectivity index (χ0) is 16.9. The zero-order valence-electron chi connectivity index (χ0n) is 13.8. The van der Waals surface area contributed by atoms with Gasteiger partial charge in [0.05, 0.1) is 6.61 Å². The van der Waals surface area contributed by atoms with E-state index in [1.165, 1.54) is 0 Å². The van der Waals surface area contributed by atoms with Crippen LogP contribution in [-0.4, -0.2) is 18.2 Å². The van der Waals surface area contributed by atoms with E-state index in [1.807, 2.05) is 54.6 Å². The van der Waals surface area contributed by atoms with Crippen LogP contribution in [0.4, 0.5) is 0 Å². The lowest BCUT2D eigenvalue weighted by atomic mass is 10.00. The van der Waals surface area contributed by atoms with E-state index in [2.05, 4.69) is 6.58 Å². The third-order valence-electron chi connectivity index (χ3n) is 3.47. The second-order valence-corrected chi connectivity index (χ2v) is 5.70. The summed E-state index contributed by atoms with van der Waals surface area (Å²) in [6, 6.07) is 17.5. The Hall–Kier alpha value is -2.55. The van der Waals surface area contributed by atoms with E-state index >= 15 is 0 Å². The lowest BCUT2D eigenvalue weighted by Gasteiger charge is -2.24. The molecule has 0 amide bonds. The fourth-order valence-corrected chi connectivity index (χ4v) is 2.17. The van der Waals surface area contributed by atoms with Gasteiger partial charge in [0.15, 0.2) is 5.60 Å². The first kappa shape index (κ1) is 16.8. The van der Waals surface area contributed by atoms with Crippen molar-refractivity contribution in [3.05, 3.63) is 72.3 Å². The molecule has 0 heterocycles. The van der Waals surface area contributed by atoms with E-state index in [1.54, 1.807) is 20.8 Å².